The van der Waals surface area contributed by atoms with Gasteiger partial charge in [0, 0.05) is 5.54 Å². The minimum atomic E-state index is -0.959. The molecule has 3 rings (SSSR count). The van der Waals surface area contributed by atoms with Crippen molar-refractivity contribution in [2.45, 2.75) is 63.6 Å². The number of rotatable bonds is 4. The molecule has 0 aliphatic heterocycles. The largest absolute Gasteiger partial charge is 0.480 e. The Kier molecular flexibility index (Phi) is 3.04. The van der Waals surface area contributed by atoms with Crippen molar-refractivity contribution >= 4 is 12.1 Å². The van der Waals surface area contributed by atoms with E-state index in [0.29, 0.717) is 6.42 Å². The number of nitrogens with one attached hydrogen (secondary N) is 1. The van der Waals surface area contributed by atoms with Gasteiger partial charge >= 0.3 is 12.1 Å². The van der Waals surface area contributed by atoms with Crippen LogP contribution in [-0.2, 0) is 9.53 Å². The van der Waals surface area contributed by atoms with Gasteiger partial charge in [0.1, 0.15) is 11.6 Å². The third kappa shape index (κ3) is 2.83. The average Bonchev–Trinajstić information content (AvgIpc) is 2.08. The number of carboxylic acids is 1. The van der Waals surface area contributed by atoms with Crippen molar-refractivity contribution in [1.29, 1.82) is 0 Å². The molecule has 108 valence electrons. The maximum atomic E-state index is 11.7. The Bertz CT molecular complexity index is 394. The van der Waals surface area contributed by atoms with E-state index in [4.69, 9.17) is 15.6 Å². The summed E-state index contributed by atoms with van der Waals surface area (Å²) >= 11 is 0. The second kappa shape index (κ2) is 4.10. The lowest BCUT2D eigenvalue weighted by atomic mass is 9.38. The summed E-state index contributed by atoms with van der Waals surface area (Å²) in [4.78, 5) is 22.4. The Morgan fingerprint density at radius 3 is 2.32 bits per heavy atom. The zero-order valence-electron chi connectivity index (χ0n) is 11.7. The molecule has 0 aromatic heterocycles. The smallest absolute Gasteiger partial charge is 0.408 e. The van der Waals surface area contributed by atoms with Gasteiger partial charge in [0.2, 0.25) is 0 Å². The molecule has 0 radical (unpaired) electrons. The summed E-state index contributed by atoms with van der Waals surface area (Å²) in [6.45, 7) is 5.46. The molecule has 1 atom stereocenters. The molecule has 3 fully saturated rings. The van der Waals surface area contributed by atoms with Crippen LogP contribution in [0.1, 0.15) is 46.5 Å². The molecule has 0 aromatic carbocycles. The normalized spacial score (nSPS) is 33.7. The van der Waals surface area contributed by atoms with Crippen LogP contribution in [0.5, 0.6) is 0 Å². The first-order chi connectivity index (χ1) is 8.55. The first-order valence-electron chi connectivity index (χ1n) is 6.55. The van der Waals surface area contributed by atoms with Crippen LogP contribution < -0.4 is 11.1 Å². The number of carbonyl (C=O) groups excluding carboxylic acids is 1. The van der Waals surface area contributed by atoms with Gasteiger partial charge in [-0.15, -0.1) is 0 Å². The Balaban J connectivity index is 1.77. The van der Waals surface area contributed by atoms with Gasteiger partial charge in [-0.05, 0) is 51.9 Å². The Morgan fingerprint density at radius 1 is 1.37 bits per heavy atom. The molecule has 0 spiro atoms. The van der Waals surface area contributed by atoms with Crippen molar-refractivity contribution in [3.63, 3.8) is 0 Å². The van der Waals surface area contributed by atoms with E-state index in [1.165, 1.54) is 0 Å². The summed E-state index contributed by atoms with van der Waals surface area (Å²) < 4.78 is 5.22. The van der Waals surface area contributed by atoms with Crippen molar-refractivity contribution in [3.05, 3.63) is 0 Å². The van der Waals surface area contributed by atoms with Gasteiger partial charge in [0.15, 0.2) is 0 Å². The van der Waals surface area contributed by atoms with Gasteiger partial charge in [-0.25, -0.2) is 4.79 Å². The van der Waals surface area contributed by atoms with Gasteiger partial charge in [-0.3, -0.25) is 4.79 Å². The summed E-state index contributed by atoms with van der Waals surface area (Å²) in [5.74, 6) is -0.959. The second-order valence-corrected chi connectivity index (χ2v) is 7.09. The predicted molar refractivity (Wildman–Crippen MR) is 68.6 cm³/mol. The van der Waals surface area contributed by atoms with Crippen LogP contribution in [0.2, 0.25) is 0 Å². The SMILES string of the molecule is CC(C)(C)OC(=O)NC12CC(C[C@H](N)C(=O)O)(C1)C2. The number of carboxylic acid groups (broad SMARTS) is 1. The van der Waals surface area contributed by atoms with E-state index in [0.717, 1.165) is 19.3 Å². The molecule has 6 heteroatoms. The third-order valence-electron chi connectivity index (χ3n) is 3.88. The fraction of sp³-hybridized carbons (Fsp3) is 0.846. The average molecular weight is 270 g/mol. The van der Waals surface area contributed by atoms with Crippen molar-refractivity contribution in [3.8, 4) is 0 Å². The van der Waals surface area contributed by atoms with E-state index >= 15 is 0 Å². The maximum Gasteiger partial charge on any atom is 0.408 e. The van der Waals surface area contributed by atoms with Crippen LogP contribution in [0.25, 0.3) is 0 Å². The highest BCUT2D eigenvalue weighted by molar-refractivity contribution is 5.73. The van der Waals surface area contributed by atoms with Crippen LogP contribution in [0, 0.1) is 5.41 Å². The zero-order valence-corrected chi connectivity index (χ0v) is 11.7. The van der Waals surface area contributed by atoms with Crippen LogP contribution >= 0.6 is 0 Å². The van der Waals surface area contributed by atoms with E-state index in [1.54, 1.807) is 0 Å². The molecule has 3 aliphatic rings. The second-order valence-electron chi connectivity index (χ2n) is 7.09. The van der Waals surface area contributed by atoms with Gasteiger partial charge in [-0.1, -0.05) is 0 Å². The van der Waals surface area contributed by atoms with E-state index in [-0.39, 0.29) is 11.0 Å². The summed E-state index contributed by atoms with van der Waals surface area (Å²) in [5.41, 5.74) is 4.89. The topological polar surface area (TPSA) is 102 Å². The number of carbonyl (C=O) groups is 2. The van der Waals surface area contributed by atoms with Crippen LogP contribution in [0.4, 0.5) is 4.79 Å². The molecule has 4 N–H and O–H groups in total. The lowest BCUT2D eigenvalue weighted by Crippen LogP contribution is -2.75. The highest BCUT2D eigenvalue weighted by Gasteiger charge is 2.68. The summed E-state index contributed by atoms with van der Waals surface area (Å²) in [5, 5.41) is 11.7. The first-order valence-corrected chi connectivity index (χ1v) is 6.55. The van der Waals surface area contributed by atoms with Crippen molar-refractivity contribution in [2.24, 2.45) is 11.1 Å². The lowest BCUT2D eigenvalue weighted by molar-refractivity contribution is -0.166. The molecule has 0 aromatic rings. The van der Waals surface area contributed by atoms with Gasteiger partial charge in [-0.2, -0.15) is 0 Å². The highest BCUT2D eigenvalue weighted by Crippen LogP contribution is 2.69. The summed E-state index contributed by atoms with van der Waals surface area (Å²) in [6.07, 6.45) is 2.50. The van der Waals surface area contributed by atoms with Crippen molar-refractivity contribution in [1.82, 2.24) is 5.32 Å². The molecular formula is C13H22N2O4. The molecule has 3 saturated carbocycles. The van der Waals surface area contributed by atoms with Gasteiger partial charge in [0.25, 0.3) is 0 Å². The van der Waals surface area contributed by atoms with Crippen LogP contribution in [0.3, 0.4) is 0 Å². The minimum Gasteiger partial charge on any atom is -0.480 e. The molecule has 0 saturated heterocycles. The fourth-order valence-electron chi connectivity index (χ4n) is 3.42. The van der Waals surface area contributed by atoms with Crippen LogP contribution in [-0.4, -0.2) is 34.4 Å². The minimum absolute atomic E-state index is 0.0207. The van der Waals surface area contributed by atoms with Crippen LogP contribution in [0.15, 0.2) is 0 Å². The molecule has 19 heavy (non-hydrogen) atoms. The first kappa shape index (κ1) is 14.1. The molecule has 2 bridgehead atoms. The fourth-order valence-corrected chi connectivity index (χ4v) is 3.42. The highest BCUT2D eigenvalue weighted by atomic mass is 16.6. The number of hydrogen-bond acceptors (Lipinski definition) is 4. The Morgan fingerprint density at radius 2 is 1.89 bits per heavy atom. The van der Waals surface area contributed by atoms with Gasteiger partial charge < -0.3 is 20.9 Å². The zero-order chi connectivity index (χ0) is 14.5. The monoisotopic (exact) mass is 270 g/mol. The Labute approximate surface area is 112 Å². The number of hydrogen-bond donors (Lipinski definition) is 3. The van der Waals surface area contributed by atoms with Gasteiger partial charge in [0.05, 0.1) is 0 Å². The van der Waals surface area contributed by atoms with Crippen molar-refractivity contribution < 1.29 is 19.4 Å². The standard InChI is InChI=1S/C13H22N2O4/c1-11(2,3)19-10(18)15-13-5-12(6-13,7-13)4-8(14)9(16)17/h8H,4-7,14H2,1-3H3,(H,15,18)(H,16,17)/t8-,12?,13?/m0/s1. The maximum absolute atomic E-state index is 11.7. The molecular weight excluding hydrogens is 248 g/mol. The number of aliphatic carboxylic acids is 1. The van der Waals surface area contributed by atoms with Crippen molar-refractivity contribution in [2.75, 3.05) is 0 Å². The lowest BCUT2D eigenvalue weighted by Gasteiger charge is -2.71. The number of alkyl carbamates (subject to hydrolysis) is 1. The molecule has 1 amide bonds. The Hall–Kier alpha value is -1.30. The quantitative estimate of drug-likeness (QED) is 0.713. The predicted octanol–water partition coefficient (Wildman–Crippen LogP) is 1.24. The molecule has 6 nitrogen and oxygen atoms in total. The number of nitrogens with two attached hydrogens (primary N) is 1. The molecule has 0 heterocycles. The third-order valence-corrected chi connectivity index (χ3v) is 3.88. The number of amides is 1. The molecule has 3 aliphatic carbocycles. The van der Waals surface area contributed by atoms with E-state index in [1.807, 2.05) is 20.8 Å². The number of ether oxygens (including phenoxy) is 1. The van der Waals surface area contributed by atoms with E-state index < -0.39 is 23.7 Å². The summed E-state index contributed by atoms with van der Waals surface area (Å²) in [6, 6.07) is -0.806. The molecule has 0 unspecified atom stereocenters. The van der Waals surface area contributed by atoms with E-state index in [2.05, 4.69) is 5.32 Å². The van der Waals surface area contributed by atoms with E-state index in [9.17, 15) is 9.59 Å². The summed E-state index contributed by atoms with van der Waals surface area (Å²) in [7, 11) is 0.